The molecule has 4 N–H and O–H groups in total. The molecule has 12 heteroatoms. The van der Waals surface area contributed by atoms with Gasteiger partial charge in [0, 0.05) is 10.7 Å². The summed E-state index contributed by atoms with van der Waals surface area (Å²) in [6.07, 6.45) is -4.70. The predicted octanol–water partition coefficient (Wildman–Crippen LogP) is 4.54. The van der Waals surface area contributed by atoms with Gasteiger partial charge in [0.1, 0.15) is 11.5 Å². The van der Waals surface area contributed by atoms with Gasteiger partial charge < -0.3 is 15.2 Å². The number of alkyl halides is 3. The first-order chi connectivity index (χ1) is 15.4. The Balaban J connectivity index is 1.99. The fraction of sp³-hybridized carbons (Fsp3) is 0.0952. The first-order valence-corrected chi connectivity index (χ1v) is 11.0. The number of aliphatic hydroxyl groups is 1. The molecule has 0 aromatic heterocycles. The Morgan fingerprint density at radius 3 is 2.42 bits per heavy atom. The average Bonchev–Trinajstić information content (AvgIpc) is 2.73. The van der Waals surface area contributed by atoms with Crippen molar-refractivity contribution in [3.8, 4) is 11.5 Å². The van der Waals surface area contributed by atoms with E-state index in [2.05, 4.69) is 5.32 Å². The van der Waals surface area contributed by atoms with Crippen LogP contribution in [-0.4, -0.2) is 19.4 Å². The Bertz CT molecular complexity index is 1310. The summed E-state index contributed by atoms with van der Waals surface area (Å²) < 4.78 is 68.2. The van der Waals surface area contributed by atoms with Crippen molar-refractivity contribution < 1.29 is 36.2 Å². The highest BCUT2D eigenvalue weighted by Crippen LogP contribution is 2.36. The van der Waals surface area contributed by atoms with Gasteiger partial charge in [0.05, 0.1) is 22.6 Å². The van der Waals surface area contributed by atoms with Gasteiger partial charge in [0.2, 0.25) is 10.0 Å². The van der Waals surface area contributed by atoms with Crippen LogP contribution in [0.3, 0.4) is 0 Å². The van der Waals surface area contributed by atoms with E-state index < -0.39 is 33.4 Å². The third kappa shape index (κ3) is 6.02. The zero-order valence-corrected chi connectivity index (χ0v) is 18.1. The highest BCUT2D eigenvalue weighted by molar-refractivity contribution is 7.89. The Kier molecular flexibility index (Phi) is 6.98. The van der Waals surface area contributed by atoms with Gasteiger partial charge in [-0.3, -0.25) is 4.79 Å². The summed E-state index contributed by atoms with van der Waals surface area (Å²) in [5.41, 5.74) is -0.886. The zero-order valence-electron chi connectivity index (χ0n) is 16.6. The van der Waals surface area contributed by atoms with E-state index in [0.717, 1.165) is 12.1 Å². The second-order valence-corrected chi connectivity index (χ2v) is 8.72. The van der Waals surface area contributed by atoms with E-state index in [-0.39, 0.29) is 33.5 Å². The number of anilines is 1. The fourth-order valence-corrected chi connectivity index (χ4v) is 3.56. The maximum atomic E-state index is 13.2. The molecule has 0 fully saturated rings. The maximum Gasteiger partial charge on any atom is 0.416 e. The Labute approximate surface area is 191 Å². The molecule has 0 bridgehead atoms. The van der Waals surface area contributed by atoms with Gasteiger partial charge in [0.15, 0.2) is 0 Å². The van der Waals surface area contributed by atoms with Crippen LogP contribution in [0.4, 0.5) is 18.9 Å². The van der Waals surface area contributed by atoms with Gasteiger partial charge in [-0.05, 0) is 54.1 Å². The topological polar surface area (TPSA) is 119 Å². The minimum atomic E-state index is -4.70. The summed E-state index contributed by atoms with van der Waals surface area (Å²) in [6, 6.07) is 11.4. The van der Waals surface area contributed by atoms with E-state index in [9.17, 15) is 31.5 Å². The van der Waals surface area contributed by atoms with Gasteiger partial charge in [-0.2, -0.15) is 13.2 Å². The summed E-state index contributed by atoms with van der Waals surface area (Å²) in [5, 5.41) is 16.8. The number of rotatable bonds is 6. The standard InChI is InChI=1S/C21H16ClF3N2O5S/c22-18-10-15(6-4-12(18)11-28)32-19-8-13(21(23,24)25)5-7-17(19)20(29)27-14-2-1-3-16(9-14)33(26,30)31/h1-10,28H,11H2,(H,27,29)(H2,26,30,31). The molecule has 0 unspecified atom stereocenters. The minimum Gasteiger partial charge on any atom is -0.456 e. The number of ether oxygens (including phenoxy) is 1. The Morgan fingerprint density at radius 2 is 1.82 bits per heavy atom. The molecule has 0 heterocycles. The van der Waals surface area contributed by atoms with Crippen LogP contribution in [-0.2, 0) is 22.8 Å². The molecule has 174 valence electrons. The van der Waals surface area contributed by atoms with E-state index >= 15 is 0 Å². The summed E-state index contributed by atoms with van der Waals surface area (Å²) in [7, 11) is -4.04. The van der Waals surface area contributed by atoms with Crippen LogP contribution < -0.4 is 15.2 Å². The molecule has 1 amide bonds. The largest absolute Gasteiger partial charge is 0.456 e. The smallest absolute Gasteiger partial charge is 0.416 e. The van der Waals surface area contributed by atoms with Crippen LogP contribution in [0.5, 0.6) is 11.5 Å². The maximum absolute atomic E-state index is 13.2. The van der Waals surface area contributed by atoms with E-state index in [1.165, 1.54) is 36.4 Å². The summed E-state index contributed by atoms with van der Waals surface area (Å²) in [6.45, 7) is -0.353. The third-order valence-corrected chi connectivity index (χ3v) is 5.66. The number of nitrogens with two attached hydrogens (primary N) is 1. The normalized spacial score (nSPS) is 11.8. The summed E-state index contributed by atoms with van der Waals surface area (Å²) in [5.74, 6) is -1.25. The van der Waals surface area contributed by atoms with Crippen molar-refractivity contribution >= 4 is 33.2 Å². The number of nitrogens with one attached hydrogen (secondary N) is 1. The van der Waals surface area contributed by atoms with Crippen molar-refractivity contribution in [1.82, 2.24) is 0 Å². The van der Waals surface area contributed by atoms with Crippen molar-refractivity contribution in [3.63, 3.8) is 0 Å². The van der Waals surface area contributed by atoms with E-state index in [1.54, 1.807) is 0 Å². The van der Waals surface area contributed by atoms with E-state index in [4.69, 9.17) is 21.5 Å². The lowest BCUT2D eigenvalue weighted by atomic mass is 10.1. The zero-order chi connectivity index (χ0) is 24.4. The summed E-state index contributed by atoms with van der Waals surface area (Å²) in [4.78, 5) is 12.5. The number of amides is 1. The molecule has 7 nitrogen and oxygen atoms in total. The summed E-state index contributed by atoms with van der Waals surface area (Å²) >= 11 is 6.00. The molecule has 0 saturated carbocycles. The lowest BCUT2D eigenvalue weighted by Crippen LogP contribution is -2.16. The number of halogens is 4. The molecule has 3 aromatic rings. The van der Waals surface area contributed by atoms with Crippen molar-refractivity contribution in [3.05, 3.63) is 82.4 Å². The average molecular weight is 501 g/mol. The number of sulfonamides is 1. The number of carbonyl (C=O) groups is 1. The predicted molar refractivity (Wildman–Crippen MR) is 115 cm³/mol. The number of aliphatic hydroxyl groups excluding tert-OH is 1. The highest BCUT2D eigenvalue weighted by Gasteiger charge is 2.32. The van der Waals surface area contributed by atoms with Crippen molar-refractivity contribution in [1.29, 1.82) is 0 Å². The Morgan fingerprint density at radius 1 is 1.09 bits per heavy atom. The van der Waals surface area contributed by atoms with Crippen LogP contribution in [0.25, 0.3) is 0 Å². The van der Waals surface area contributed by atoms with Gasteiger partial charge in [-0.25, -0.2) is 13.6 Å². The number of primary sulfonamides is 1. The first kappa shape index (κ1) is 24.5. The third-order valence-electron chi connectivity index (χ3n) is 4.40. The molecule has 0 aliphatic heterocycles. The van der Waals surface area contributed by atoms with Crippen LogP contribution in [0.15, 0.2) is 65.6 Å². The SMILES string of the molecule is NS(=O)(=O)c1cccc(NC(=O)c2ccc(C(F)(F)F)cc2Oc2ccc(CO)c(Cl)c2)c1. The molecule has 0 aliphatic rings. The molecule has 3 rings (SSSR count). The monoisotopic (exact) mass is 500 g/mol. The van der Waals surface area contributed by atoms with Crippen molar-refractivity contribution in [2.45, 2.75) is 17.7 Å². The van der Waals surface area contributed by atoms with E-state index in [0.29, 0.717) is 17.7 Å². The number of hydrogen-bond acceptors (Lipinski definition) is 5. The minimum absolute atomic E-state index is 0.0294. The van der Waals surface area contributed by atoms with E-state index in [1.807, 2.05) is 0 Å². The lowest BCUT2D eigenvalue weighted by Gasteiger charge is -2.15. The molecular weight excluding hydrogens is 485 g/mol. The first-order valence-electron chi connectivity index (χ1n) is 9.11. The molecule has 0 atom stereocenters. The molecule has 0 spiro atoms. The molecule has 0 saturated heterocycles. The van der Waals surface area contributed by atoms with Crippen LogP contribution in [0.2, 0.25) is 5.02 Å². The Hall–Kier alpha value is -3.12. The second-order valence-electron chi connectivity index (χ2n) is 6.75. The molecule has 0 aliphatic carbocycles. The van der Waals surface area contributed by atoms with Gasteiger partial charge >= 0.3 is 6.18 Å². The van der Waals surface area contributed by atoms with Crippen LogP contribution in [0.1, 0.15) is 21.5 Å². The number of hydrogen-bond donors (Lipinski definition) is 3. The molecular formula is C21H16ClF3N2O5S. The lowest BCUT2D eigenvalue weighted by molar-refractivity contribution is -0.137. The van der Waals surface area contributed by atoms with Gasteiger partial charge in [-0.1, -0.05) is 23.7 Å². The van der Waals surface area contributed by atoms with Crippen molar-refractivity contribution in [2.75, 3.05) is 5.32 Å². The number of carbonyl (C=O) groups excluding carboxylic acids is 1. The van der Waals surface area contributed by atoms with Crippen LogP contribution >= 0.6 is 11.6 Å². The van der Waals surface area contributed by atoms with Gasteiger partial charge in [0.25, 0.3) is 5.91 Å². The second kappa shape index (κ2) is 9.40. The van der Waals surface area contributed by atoms with Gasteiger partial charge in [-0.15, -0.1) is 0 Å². The quantitative estimate of drug-likeness (QED) is 0.459. The highest BCUT2D eigenvalue weighted by atomic mass is 35.5. The van der Waals surface area contributed by atoms with Crippen molar-refractivity contribution in [2.24, 2.45) is 5.14 Å². The molecule has 33 heavy (non-hydrogen) atoms. The molecule has 0 radical (unpaired) electrons. The fourth-order valence-electron chi connectivity index (χ4n) is 2.77. The molecule has 3 aromatic carbocycles. The van der Waals surface area contributed by atoms with Crippen LogP contribution in [0, 0.1) is 0 Å². The number of benzene rings is 3.